The van der Waals surface area contributed by atoms with E-state index in [9.17, 15) is 12.0 Å². The first kappa shape index (κ1) is 19.8. The summed E-state index contributed by atoms with van der Waals surface area (Å²) in [5, 5.41) is 12.0. The van der Waals surface area contributed by atoms with Crippen molar-refractivity contribution in [1.29, 1.82) is 0 Å². The zero-order chi connectivity index (χ0) is 19.8. The van der Waals surface area contributed by atoms with E-state index in [1.54, 1.807) is 25.3 Å². The number of fused-ring (bicyclic) bond motifs is 4. The first-order chi connectivity index (χ1) is 13.5. The molecule has 0 amide bonds. The summed E-state index contributed by atoms with van der Waals surface area (Å²) in [4.78, 5) is 6.59. The highest BCUT2D eigenvalue weighted by Crippen LogP contribution is 2.42. The number of rotatable bonds is 6. The number of pyridine rings is 1. The van der Waals surface area contributed by atoms with Gasteiger partial charge in [-0.25, -0.2) is 4.98 Å². The highest BCUT2D eigenvalue weighted by Gasteiger charge is 2.42. The monoisotopic (exact) mass is 498 g/mol. The minimum Gasteiger partial charge on any atom is -0.497 e. The van der Waals surface area contributed by atoms with Gasteiger partial charge in [0.1, 0.15) is 5.75 Å². The summed E-state index contributed by atoms with van der Waals surface area (Å²) in [6, 6.07) is 6.82. The van der Waals surface area contributed by atoms with Crippen LogP contribution in [0.5, 0.6) is 11.6 Å². The third-order valence-electron chi connectivity index (χ3n) is 6.00. The van der Waals surface area contributed by atoms with Crippen molar-refractivity contribution in [1.82, 2.24) is 9.88 Å². The Labute approximate surface area is 172 Å². The van der Waals surface area contributed by atoms with Crippen molar-refractivity contribution in [2.45, 2.75) is 25.0 Å². The molecule has 3 fully saturated rings. The maximum absolute atomic E-state index is 11.3. The zero-order valence-electron chi connectivity index (χ0n) is 15.6. The maximum atomic E-state index is 11.3. The van der Waals surface area contributed by atoms with Crippen LogP contribution >= 0.6 is 0 Å². The molecule has 5 atom stereocenters. The van der Waals surface area contributed by atoms with Gasteiger partial charge in [-0.2, -0.15) is 0 Å². The van der Waals surface area contributed by atoms with Crippen molar-refractivity contribution in [3.8, 4) is 11.6 Å². The predicted octanol–water partition coefficient (Wildman–Crippen LogP) is -2.36. The maximum Gasteiger partial charge on any atom is 0.572 e. The molecule has 3 aliphatic rings. The number of hydrogen-bond donors (Lipinski definition) is 1. The van der Waals surface area contributed by atoms with Gasteiger partial charge in [0.2, 0.25) is 0 Å². The molecule has 0 radical (unpaired) electrons. The Hall–Kier alpha value is -1.46. The van der Waals surface area contributed by atoms with Gasteiger partial charge in [0.25, 0.3) is 0 Å². The Bertz CT molecular complexity index is 877. The third kappa shape index (κ3) is 3.71. The lowest BCUT2D eigenvalue weighted by molar-refractivity contribution is -1.62. The van der Waals surface area contributed by atoms with E-state index < -0.39 is 27.2 Å². The standard InChI is InChI=1S/C20H23IN2O5/c1-3-12-11-23-7-6-13(12)8-18(23)20(24)16-10-19(28-21(25)26)22-17-5-4-14(27-2)9-15(16)17/h3-5,9-10,12-13,18,20,24H,1,6-8,11H2,2H3/t12-,13?,18-,20+/m0/s1. The molecule has 150 valence electrons. The van der Waals surface area contributed by atoms with Crippen molar-refractivity contribution >= 4 is 10.9 Å². The smallest absolute Gasteiger partial charge is 0.497 e. The molecule has 3 saturated heterocycles. The minimum absolute atomic E-state index is 0.00172. The van der Waals surface area contributed by atoms with Gasteiger partial charge in [0.05, 0.1) is 18.7 Å². The molecule has 4 heterocycles. The molecule has 5 rings (SSSR count). The summed E-state index contributed by atoms with van der Waals surface area (Å²) < 4.78 is 32.5. The largest absolute Gasteiger partial charge is 0.572 e. The average molecular weight is 498 g/mol. The van der Waals surface area contributed by atoms with E-state index in [4.69, 9.17) is 7.80 Å². The average Bonchev–Trinajstić information content (AvgIpc) is 2.72. The van der Waals surface area contributed by atoms with E-state index >= 15 is 0 Å². The first-order valence-electron chi connectivity index (χ1n) is 9.27. The highest BCUT2D eigenvalue weighted by atomic mass is 127. The SMILES string of the molecule is C=C[C@H]1CN2CCC1C[C@H]2[C@H](O)c1cc(O[I+2]([O-])[O-])nc2ccc(OC)cc12. The van der Waals surface area contributed by atoms with Gasteiger partial charge in [-0.15, -0.1) is 9.65 Å². The Balaban J connectivity index is 1.74. The molecule has 2 unspecified atom stereocenters. The summed E-state index contributed by atoms with van der Waals surface area (Å²) in [5.41, 5.74) is 1.18. The Kier molecular flexibility index (Phi) is 5.75. The van der Waals surface area contributed by atoms with E-state index in [2.05, 4.69) is 16.5 Å². The van der Waals surface area contributed by atoms with E-state index in [1.165, 1.54) is 0 Å². The molecule has 2 aromatic rings. The van der Waals surface area contributed by atoms with Crippen LogP contribution in [0, 0.1) is 11.8 Å². The molecular weight excluding hydrogens is 475 g/mol. The van der Waals surface area contributed by atoms with Crippen LogP contribution in [0.2, 0.25) is 0 Å². The molecule has 0 saturated carbocycles. The molecule has 8 heteroatoms. The molecule has 3 aliphatic heterocycles. The summed E-state index contributed by atoms with van der Waals surface area (Å²) in [6.07, 6.45) is 3.23. The number of aromatic nitrogens is 1. The fraction of sp³-hybridized carbons (Fsp3) is 0.450. The Morgan fingerprint density at radius 2 is 2.21 bits per heavy atom. The number of halogens is 1. The number of piperidine rings is 3. The number of ether oxygens (including phenoxy) is 1. The van der Waals surface area contributed by atoms with Crippen LogP contribution in [0.1, 0.15) is 24.5 Å². The number of nitrogens with zero attached hydrogens (tertiary/aromatic N) is 2. The van der Waals surface area contributed by atoms with Crippen LogP contribution in [0.3, 0.4) is 0 Å². The fourth-order valence-electron chi connectivity index (χ4n) is 4.59. The number of benzene rings is 1. The van der Waals surface area contributed by atoms with Crippen LogP contribution in [0.25, 0.3) is 10.9 Å². The van der Waals surface area contributed by atoms with E-state index in [0.717, 1.165) is 31.3 Å². The van der Waals surface area contributed by atoms with E-state index in [1.807, 2.05) is 12.1 Å². The van der Waals surface area contributed by atoms with Gasteiger partial charge in [-0.05, 0) is 55.0 Å². The normalized spacial score (nSPS) is 27.8. The van der Waals surface area contributed by atoms with Crippen molar-refractivity contribution in [3.63, 3.8) is 0 Å². The second-order valence-corrected chi connectivity index (χ2v) is 8.91. The molecule has 7 nitrogen and oxygen atoms in total. The summed E-state index contributed by atoms with van der Waals surface area (Å²) in [7, 11) is 1.58. The topological polar surface area (TPSA) is 101 Å². The van der Waals surface area contributed by atoms with Gasteiger partial charge in [-0.3, -0.25) is 4.90 Å². The molecule has 1 N–H and O–H groups in total. The van der Waals surface area contributed by atoms with Crippen LogP contribution in [-0.2, 0) is 0 Å². The number of aliphatic hydroxyl groups excluding tert-OH is 1. The second kappa shape index (κ2) is 8.11. The summed E-state index contributed by atoms with van der Waals surface area (Å²) >= 11 is -3.96. The molecule has 28 heavy (non-hydrogen) atoms. The van der Waals surface area contributed by atoms with Crippen LogP contribution in [0.15, 0.2) is 36.9 Å². The quantitative estimate of drug-likeness (QED) is 0.352. The van der Waals surface area contributed by atoms with Gasteiger partial charge >= 0.3 is 26.9 Å². The lowest BCUT2D eigenvalue weighted by Gasteiger charge is -2.50. The first-order valence-corrected chi connectivity index (χ1v) is 11.9. The summed E-state index contributed by atoms with van der Waals surface area (Å²) in [5.74, 6) is 1.62. The van der Waals surface area contributed by atoms with E-state index in [0.29, 0.717) is 28.7 Å². The zero-order valence-corrected chi connectivity index (χ0v) is 17.7. The molecule has 0 spiro atoms. The molecule has 0 aliphatic carbocycles. The lowest BCUT2D eigenvalue weighted by atomic mass is 9.73. The number of methoxy groups -OCH3 is 1. The molecule has 1 aromatic carbocycles. The number of aliphatic hydroxyl groups is 1. The van der Waals surface area contributed by atoms with Crippen LogP contribution in [0.4, 0.5) is 0 Å². The highest BCUT2D eigenvalue weighted by molar-refractivity contribution is 5.84. The second-order valence-electron chi connectivity index (χ2n) is 7.39. The van der Waals surface area contributed by atoms with Crippen LogP contribution in [-0.4, -0.2) is 41.2 Å². The fourth-order valence-corrected chi connectivity index (χ4v) is 5.19. The van der Waals surface area contributed by atoms with E-state index in [-0.39, 0.29) is 11.9 Å². The van der Waals surface area contributed by atoms with Crippen LogP contribution < -0.4 is 35.7 Å². The molecule has 2 bridgehead atoms. The van der Waals surface area contributed by atoms with Gasteiger partial charge in [-0.1, -0.05) is 6.08 Å². The van der Waals surface area contributed by atoms with Crippen molar-refractivity contribution in [3.05, 3.63) is 42.5 Å². The van der Waals surface area contributed by atoms with Crippen molar-refractivity contribution in [2.24, 2.45) is 11.8 Å². The van der Waals surface area contributed by atoms with Crippen molar-refractivity contribution < 1.29 is 40.8 Å². The summed E-state index contributed by atoms with van der Waals surface area (Å²) in [6.45, 7) is 5.79. The van der Waals surface area contributed by atoms with Gasteiger partial charge in [0, 0.05) is 24.0 Å². The van der Waals surface area contributed by atoms with Gasteiger partial charge < -0.3 is 16.7 Å². The lowest BCUT2D eigenvalue weighted by Crippen LogP contribution is -4.00. The Morgan fingerprint density at radius 3 is 2.86 bits per heavy atom. The molecule has 1 aromatic heterocycles. The molecular formula is C20H23IN2O5. The van der Waals surface area contributed by atoms with Crippen molar-refractivity contribution in [2.75, 3.05) is 20.2 Å². The number of hydrogen-bond acceptors (Lipinski definition) is 7. The third-order valence-corrected chi connectivity index (χ3v) is 6.81. The Morgan fingerprint density at radius 1 is 1.39 bits per heavy atom. The predicted molar refractivity (Wildman–Crippen MR) is 95.7 cm³/mol. The minimum atomic E-state index is -3.96. The van der Waals surface area contributed by atoms with Gasteiger partial charge in [0.15, 0.2) is 0 Å².